The molecule has 4 rings (SSSR count). The van der Waals surface area contributed by atoms with Crippen LogP contribution in [0.25, 0.3) is 0 Å². The SMILES string of the molecule is O=S(=O)(Nc1ccccc1Cc1nc(C2CC2)no1)c1cc(Cl)ccc1Cl. The smallest absolute Gasteiger partial charge is 0.263 e. The molecule has 9 heteroatoms. The zero-order chi connectivity index (χ0) is 19.0. The lowest BCUT2D eigenvalue weighted by Gasteiger charge is -2.13. The second-order valence-corrected chi connectivity index (χ2v) is 8.83. The van der Waals surface area contributed by atoms with E-state index in [9.17, 15) is 8.42 Å². The number of nitrogens with zero attached hydrogens (tertiary/aromatic N) is 2. The zero-order valence-corrected chi connectivity index (χ0v) is 16.4. The second-order valence-electron chi connectivity index (χ2n) is 6.33. The van der Waals surface area contributed by atoms with E-state index in [2.05, 4.69) is 14.9 Å². The van der Waals surface area contributed by atoms with Crippen LogP contribution in [0, 0.1) is 0 Å². The Hall–Kier alpha value is -2.09. The van der Waals surface area contributed by atoms with Gasteiger partial charge in [-0.3, -0.25) is 4.72 Å². The molecule has 1 aromatic heterocycles. The van der Waals surface area contributed by atoms with E-state index >= 15 is 0 Å². The minimum atomic E-state index is -3.91. The fraction of sp³-hybridized carbons (Fsp3) is 0.222. The number of aromatic nitrogens is 2. The minimum Gasteiger partial charge on any atom is -0.339 e. The predicted octanol–water partition coefficient (Wildman–Crippen LogP) is 4.65. The van der Waals surface area contributed by atoms with Crippen molar-refractivity contribution in [1.82, 2.24) is 10.1 Å². The van der Waals surface area contributed by atoms with Gasteiger partial charge in [0, 0.05) is 10.9 Å². The maximum atomic E-state index is 12.8. The Labute approximate surface area is 166 Å². The highest BCUT2D eigenvalue weighted by Gasteiger charge is 2.29. The highest BCUT2D eigenvalue weighted by molar-refractivity contribution is 7.92. The molecule has 0 atom stereocenters. The number of nitrogens with one attached hydrogen (secondary N) is 1. The summed E-state index contributed by atoms with van der Waals surface area (Å²) in [6.45, 7) is 0. The van der Waals surface area contributed by atoms with E-state index in [0.717, 1.165) is 12.8 Å². The molecule has 0 saturated heterocycles. The molecule has 0 amide bonds. The van der Waals surface area contributed by atoms with Gasteiger partial charge in [-0.1, -0.05) is 46.6 Å². The van der Waals surface area contributed by atoms with Crippen LogP contribution in [-0.4, -0.2) is 18.6 Å². The molecule has 1 N–H and O–H groups in total. The van der Waals surface area contributed by atoms with Crippen LogP contribution < -0.4 is 4.72 Å². The van der Waals surface area contributed by atoms with E-state index in [1.165, 1.54) is 18.2 Å². The van der Waals surface area contributed by atoms with Crippen molar-refractivity contribution in [1.29, 1.82) is 0 Å². The summed E-state index contributed by atoms with van der Waals surface area (Å²) < 4.78 is 33.4. The summed E-state index contributed by atoms with van der Waals surface area (Å²) >= 11 is 12.0. The van der Waals surface area contributed by atoms with Crippen molar-refractivity contribution in [2.45, 2.75) is 30.1 Å². The third-order valence-corrected chi connectivity index (χ3v) is 6.29. The number of benzene rings is 2. The maximum absolute atomic E-state index is 12.8. The Balaban J connectivity index is 1.61. The van der Waals surface area contributed by atoms with Crippen LogP contribution in [0.15, 0.2) is 51.9 Å². The van der Waals surface area contributed by atoms with Gasteiger partial charge in [-0.05, 0) is 42.7 Å². The van der Waals surface area contributed by atoms with Crippen LogP contribution in [-0.2, 0) is 16.4 Å². The quantitative estimate of drug-likeness (QED) is 0.623. The standard InChI is InChI=1S/C18H15Cl2N3O3S/c19-13-7-8-14(20)16(10-13)27(24,25)23-15-4-2-1-3-12(15)9-17-21-18(22-26-17)11-5-6-11/h1-4,7-8,10-11,23H,5-6,9H2. The Morgan fingerprint density at radius 2 is 1.93 bits per heavy atom. The number of halogens is 2. The van der Waals surface area contributed by atoms with Gasteiger partial charge in [-0.15, -0.1) is 0 Å². The Morgan fingerprint density at radius 3 is 2.70 bits per heavy atom. The summed E-state index contributed by atoms with van der Waals surface area (Å²) in [4.78, 5) is 4.31. The van der Waals surface area contributed by atoms with Gasteiger partial charge in [-0.25, -0.2) is 8.42 Å². The predicted molar refractivity (Wildman–Crippen MR) is 103 cm³/mol. The van der Waals surface area contributed by atoms with Gasteiger partial charge in [0.05, 0.1) is 17.1 Å². The molecule has 0 spiro atoms. The number of para-hydroxylation sites is 1. The molecule has 6 nitrogen and oxygen atoms in total. The Bertz CT molecular complexity index is 1090. The number of rotatable bonds is 6. The summed E-state index contributed by atoms with van der Waals surface area (Å²) in [6, 6.07) is 11.3. The highest BCUT2D eigenvalue weighted by Crippen LogP contribution is 2.38. The molecule has 0 aliphatic heterocycles. The molecular formula is C18H15Cl2N3O3S. The van der Waals surface area contributed by atoms with Crippen molar-refractivity contribution < 1.29 is 12.9 Å². The highest BCUT2D eigenvalue weighted by atomic mass is 35.5. The van der Waals surface area contributed by atoms with E-state index in [1.54, 1.807) is 18.2 Å². The van der Waals surface area contributed by atoms with Crippen molar-refractivity contribution in [3.63, 3.8) is 0 Å². The molecule has 1 aliphatic rings. The molecule has 2 aromatic carbocycles. The summed E-state index contributed by atoms with van der Waals surface area (Å²) in [5.74, 6) is 1.55. The topological polar surface area (TPSA) is 85.1 Å². The van der Waals surface area contributed by atoms with Gasteiger partial charge in [0.1, 0.15) is 4.90 Å². The molecule has 3 aromatic rings. The second kappa shape index (κ2) is 7.14. The van der Waals surface area contributed by atoms with E-state index in [-0.39, 0.29) is 14.9 Å². The normalized spacial score (nSPS) is 14.3. The third-order valence-electron chi connectivity index (χ3n) is 4.21. The van der Waals surface area contributed by atoms with Gasteiger partial charge in [0.25, 0.3) is 10.0 Å². The van der Waals surface area contributed by atoms with Crippen LogP contribution in [0.2, 0.25) is 10.0 Å². The van der Waals surface area contributed by atoms with E-state index < -0.39 is 10.0 Å². The van der Waals surface area contributed by atoms with Crippen molar-refractivity contribution >= 4 is 38.9 Å². The summed E-state index contributed by atoms with van der Waals surface area (Å²) in [6.07, 6.45) is 2.48. The lowest BCUT2D eigenvalue weighted by Crippen LogP contribution is -2.15. The molecule has 27 heavy (non-hydrogen) atoms. The summed E-state index contributed by atoms with van der Waals surface area (Å²) in [5, 5.41) is 4.37. The Kier molecular flexibility index (Phi) is 4.84. The minimum absolute atomic E-state index is 0.0831. The number of sulfonamides is 1. The van der Waals surface area contributed by atoms with Gasteiger partial charge in [-0.2, -0.15) is 4.98 Å². The molecule has 1 aliphatic carbocycles. The van der Waals surface area contributed by atoms with Crippen LogP contribution in [0.4, 0.5) is 5.69 Å². The first-order chi connectivity index (χ1) is 12.9. The number of hydrogen-bond donors (Lipinski definition) is 1. The molecule has 1 heterocycles. The Morgan fingerprint density at radius 1 is 1.15 bits per heavy atom. The van der Waals surface area contributed by atoms with Gasteiger partial charge in [0.2, 0.25) is 5.89 Å². The average Bonchev–Trinajstić information content (AvgIpc) is 3.38. The van der Waals surface area contributed by atoms with Crippen LogP contribution >= 0.6 is 23.2 Å². The summed E-state index contributed by atoms with van der Waals surface area (Å²) in [7, 11) is -3.91. The van der Waals surface area contributed by atoms with Crippen LogP contribution in [0.1, 0.15) is 36.0 Å². The molecular weight excluding hydrogens is 409 g/mol. The fourth-order valence-electron chi connectivity index (χ4n) is 2.67. The van der Waals surface area contributed by atoms with Gasteiger partial charge >= 0.3 is 0 Å². The first-order valence-corrected chi connectivity index (χ1v) is 10.5. The molecule has 0 radical (unpaired) electrons. The third kappa shape index (κ3) is 4.10. The van der Waals surface area contributed by atoms with Gasteiger partial charge < -0.3 is 4.52 Å². The van der Waals surface area contributed by atoms with Crippen LogP contribution in [0.5, 0.6) is 0 Å². The van der Waals surface area contributed by atoms with E-state index in [4.69, 9.17) is 27.7 Å². The van der Waals surface area contributed by atoms with Crippen molar-refractivity contribution in [2.24, 2.45) is 0 Å². The number of hydrogen-bond acceptors (Lipinski definition) is 5. The molecule has 1 fully saturated rings. The number of anilines is 1. The first-order valence-electron chi connectivity index (χ1n) is 8.30. The van der Waals surface area contributed by atoms with Crippen molar-refractivity contribution in [3.8, 4) is 0 Å². The largest absolute Gasteiger partial charge is 0.339 e. The van der Waals surface area contributed by atoms with Crippen molar-refractivity contribution in [2.75, 3.05) is 4.72 Å². The van der Waals surface area contributed by atoms with Crippen molar-refractivity contribution in [3.05, 3.63) is 69.8 Å². The lowest BCUT2D eigenvalue weighted by atomic mass is 10.1. The fourth-order valence-corrected chi connectivity index (χ4v) is 4.53. The molecule has 0 bridgehead atoms. The van der Waals surface area contributed by atoms with E-state index in [0.29, 0.717) is 35.3 Å². The first kappa shape index (κ1) is 18.3. The molecule has 0 unspecified atom stereocenters. The lowest BCUT2D eigenvalue weighted by molar-refractivity contribution is 0.379. The average molecular weight is 424 g/mol. The monoisotopic (exact) mass is 423 g/mol. The molecule has 1 saturated carbocycles. The van der Waals surface area contributed by atoms with Crippen LogP contribution in [0.3, 0.4) is 0 Å². The maximum Gasteiger partial charge on any atom is 0.263 e. The van der Waals surface area contributed by atoms with Gasteiger partial charge in [0.15, 0.2) is 5.82 Å². The summed E-state index contributed by atoms with van der Waals surface area (Å²) in [5.41, 5.74) is 1.13. The van der Waals surface area contributed by atoms with E-state index in [1.807, 2.05) is 6.07 Å². The zero-order valence-electron chi connectivity index (χ0n) is 14.0. The molecule has 140 valence electrons.